The van der Waals surface area contributed by atoms with Crippen LogP contribution in [0, 0.1) is 6.92 Å². The van der Waals surface area contributed by atoms with E-state index in [2.05, 4.69) is 36.4 Å². The lowest BCUT2D eigenvalue weighted by Crippen LogP contribution is -2.04. The summed E-state index contributed by atoms with van der Waals surface area (Å²) in [6, 6.07) is 30.7. The van der Waals surface area contributed by atoms with Gasteiger partial charge in [0.15, 0.2) is 5.82 Å². The Balaban J connectivity index is 1.77. The van der Waals surface area contributed by atoms with Gasteiger partial charge in [0.25, 0.3) is 0 Å². The molecule has 4 heteroatoms. The third-order valence-electron chi connectivity index (χ3n) is 5.01. The number of fused-ring (bicyclic) bond motifs is 1. The van der Waals surface area contributed by atoms with Crippen molar-refractivity contribution in [2.45, 2.75) is 13.5 Å². The van der Waals surface area contributed by atoms with Crippen LogP contribution >= 0.6 is 0 Å². The van der Waals surface area contributed by atoms with Gasteiger partial charge in [0.2, 0.25) is 0 Å². The Labute approximate surface area is 169 Å². The van der Waals surface area contributed by atoms with Crippen molar-refractivity contribution in [3.63, 3.8) is 0 Å². The van der Waals surface area contributed by atoms with Gasteiger partial charge in [-0.3, -0.25) is 4.68 Å². The number of aromatic nitrogens is 4. The molecule has 0 aliphatic rings. The zero-order valence-electron chi connectivity index (χ0n) is 16.2. The maximum Gasteiger partial charge on any atom is 0.160 e. The Morgan fingerprint density at radius 3 is 1.93 bits per heavy atom. The highest BCUT2D eigenvalue weighted by Gasteiger charge is 2.18. The molecule has 2 aromatic heterocycles. The fourth-order valence-corrected chi connectivity index (χ4v) is 3.61. The molecule has 3 aromatic carbocycles. The van der Waals surface area contributed by atoms with Crippen LogP contribution < -0.4 is 0 Å². The highest BCUT2D eigenvalue weighted by Crippen LogP contribution is 2.31. The lowest BCUT2D eigenvalue weighted by molar-refractivity contribution is 0.703. The normalized spacial score (nSPS) is 11.1. The number of rotatable bonds is 4. The van der Waals surface area contributed by atoms with Crippen molar-refractivity contribution in [1.82, 2.24) is 19.7 Å². The molecule has 4 nitrogen and oxygen atoms in total. The highest BCUT2D eigenvalue weighted by molar-refractivity contribution is 5.92. The average molecular weight is 376 g/mol. The predicted molar refractivity (Wildman–Crippen MR) is 116 cm³/mol. The third-order valence-corrected chi connectivity index (χ3v) is 5.01. The van der Waals surface area contributed by atoms with Crippen molar-refractivity contribution in [1.29, 1.82) is 0 Å². The van der Waals surface area contributed by atoms with Crippen LogP contribution in [0.3, 0.4) is 0 Å². The summed E-state index contributed by atoms with van der Waals surface area (Å²) in [4.78, 5) is 9.88. The van der Waals surface area contributed by atoms with Gasteiger partial charge in [0, 0.05) is 11.1 Å². The van der Waals surface area contributed by atoms with Gasteiger partial charge in [-0.15, -0.1) is 0 Å². The minimum Gasteiger partial charge on any atom is -0.256 e. The van der Waals surface area contributed by atoms with Gasteiger partial charge in [0.1, 0.15) is 16.7 Å². The van der Waals surface area contributed by atoms with Crippen LogP contribution in [-0.4, -0.2) is 19.7 Å². The maximum atomic E-state index is 4.99. The Kier molecular flexibility index (Phi) is 4.37. The number of hydrogen-bond donors (Lipinski definition) is 0. The van der Waals surface area contributed by atoms with Gasteiger partial charge in [-0.1, -0.05) is 91.0 Å². The van der Waals surface area contributed by atoms with E-state index in [1.54, 1.807) is 0 Å². The van der Waals surface area contributed by atoms with E-state index >= 15 is 0 Å². The molecule has 5 aromatic rings. The molecule has 5 rings (SSSR count). The molecule has 0 radical (unpaired) electrons. The van der Waals surface area contributed by atoms with Crippen molar-refractivity contribution in [3.8, 4) is 22.6 Å². The molecule has 2 heterocycles. The van der Waals surface area contributed by atoms with Crippen LogP contribution in [0.5, 0.6) is 0 Å². The zero-order chi connectivity index (χ0) is 19.6. The molecule has 0 unspecified atom stereocenters. The molecular formula is C25H20N4. The monoisotopic (exact) mass is 376 g/mol. The smallest absolute Gasteiger partial charge is 0.160 e. The minimum absolute atomic E-state index is 0.680. The second-order valence-corrected chi connectivity index (χ2v) is 7.05. The summed E-state index contributed by atoms with van der Waals surface area (Å²) in [6.45, 7) is 2.69. The first-order valence-corrected chi connectivity index (χ1v) is 9.69. The molecular weight excluding hydrogens is 356 g/mol. The summed E-state index contributed by atoms with van der Waals surface area (Å²) in [5.41, 5.74) is 6.95. The number of hydrogen-bond acceptors (Lipinski definition) is 3. The van der Waals surface area contributed by atoms with E-state index in [4.69, 9.17) is 15.1 Å². The largest absolute Gasteiger partial charge is 0.256 e. The van der Waals surface area contributed by atoms with E-state index in [9.17, 15) is 0 Å². The molecule has 0 amide bonds. The molecule has 0 fully saturated rings. The summed E-state index contributed by atoms with van der Waals surface area (Å²) in [6.07, 6.45) is 0. The van der Waals surface area contributed by atoms with Crippen LogP contribution in [0.4, 0.5) is 0 Å². The molecule has 140 valence electrons. The SMILES string of the molecule is Cc1nn(Cc2ccccc2)c2c(-c3ccccc3)nc(-c3ccccc3)nc12. The minimum atomic E-state index is 0.680. The summed E-state index contributed by atoms with van der Waals surface area (Å²) in [5, 5.41) is 4.82. The van der Waals surface area contributed by atoms with Gasteiger partial charge < -0.3 is 0 Å². The fraction of sp³-hybridized carbons (Fsp3) is 0.0800. The predicted octanol–water partition coefficient (Wildman–Crippen LogP) is 5.52. The van der Waals surface area contributed by atoms with Crippen molar-refractivity contribution >= 4 is 11.0 Å². The molecule has 0 saturated carbocycles. The Morgan fingerprint density at radius 1 is 0.690 bits per heavy atom. The average Bonchev–Trinajstić information content (AvgIpc) is 3.10. The summed E-state index contributed by atoms with van der Waals surface area (Å²) in [7, 11) is 0. The number of nitrogens with zero attached hydrogens (tertiary/aromatic N) is 4. The lowest BCUT2D eigenvalue weighted by Gasteiger charge is -2.10. The van der Waals surface area contributed by atoms with Gasteiger partial charge in [-0.25, -0.2) is 9.97 Å². The molecule has 29 heavy (non-hydrogen) atoms. The molecule has 0 atom stereocenters. The van der Waals surface area contributed by atoms with E-state index in [0.29, 0.717) is 6.54 Å². The van der Waals surface area contributed by atoms with Crippen molar-refractivity contribution in [3.05, 3.63) is 102 Å². The van der Waals surface area contributed by atoms with Gasteiger partial charge in [-0.05, 0) is 12.5 Å². The molecule has 0 bridgehead atoms. The number of benzene rings is 3. The zero-order valence-corrected chi connectivity index (χ0v) is 16.2. The van der Waals surface area contributed by atoms with E-state index in [-0.39, 0.29) is 0 Å². The first kappa shape index (κ1) is 17.3. The second-order valence-electron chi connectivity index (χ2n) is 7.05. The first-order chi connectivity index (χ1) is 14.3. The molecule has 0 saturated heterocycles. The first-order valence-electron chi connectivity index (χ1n) is 9.69. The van der Waals surface area contributed by atoms with E-state index in [1.165, 1.54) is 5.56 Å². The highest BCUT2D eigenvalue weighted by atomic mass is 15.3. The van der Waals surface area contributed by atoms with Gasteiger partial charge in [0.05, 0.1) is 12.2 Å². The molecule has 0 spiro atoms. The van der Waals surface area contributed by atoms with Crippen LogP contribution in [0.1, 0.15) is 11.3 Å². The van der Waals surface area contributed by atoms with Crippen molar-refractivity contribution < 1.29 is 0 Å². The summed E-state index contributed by atoms with van der Waals surface area (Å²) < 4.78 is 2.02. The van der Waals surface area contributed by atoms with Crippen LogP contribution in [0.15, 0.2) is 91.0 Å². The fourth-order valence-electron chi connectivity index (χ4n) is 3.61. The summed E-state index contributed by atoms with van der Waals surface area (Å²) >= 11 is 0. The van der Waals surface area contributed by atoms with E-state index < -0.39 is 0 Å². The van der Waals surface area contributed by atoms with Gasteiger partial charge >= 0.3 is 0 Å². The topological polar surface area (TPSA) is 43.6 Å². The van der Waals surface area contributed by atoms with Crippen molar-refractivity contribution in [2.75, 3.05) is 0 Å². The molecule has 0 N–H and O–H groups in total. The van der Waals surface area contributed by atoms with E-state index in [1.807, 2.05) is 66.2 Å². The Morgan fingerprint density at radius 2 is 1.28 bits per heavy atom. The third kappa shape index (κ3) is 3.29. The summed E-state index contributed by atoms with van der Waals surface area (Å²) in [5.74, 6) is 0.722. The molecule has 0 aliphatic heterocycles. The van der Waals surface area contributed by atoms with Crippen LogP contribution in [0.2, 0.25) is 0 Å². The maximum absolute atomic E-state index is 4.99. The van der Waals surface area contributed by atoms with Crippen molar-refractivity contribution in [2.24, 2.45) is 0 Å². The molecule has 0 aliphatic carbocycles. The second kappa shape index (κ2) is 7.32. The number of aryl methyl sites for hydroxylation is 1. The Bertz CT molecular complexity index is 1260. The Hall–Kier alpha value is -3.79. The van der Waals surface area contributed by atoms with Gasteiger partial charge in [-0.2, -0.15) is 5.10 Å². The van der Waals surface area contributed by atoms with E-state index in [0.717, 1.165) is 39.4 Å². The van der Waals surface area contributed by atoms with Crippen LogP contribution in [-0.2, 0) is 6.54 Å². The quantitative estimate of drug-likeness (QED) is 0.415. The van der Waals surface area contributed by atoms with Crippen LogP contribution in [0.25, 0.3) is 33.7 Å². The standard InChI is InChI=1S/C25H20N4/c1-18-22-24(29(28-18)17-19-11-5-2-6-12-19)23(20-13-7-3-8-14-20)27-25(26-22)21-15-9-4-10-16-21/h2-16H,17H2,1H3. The lowest BCUT2D eigenvalue weighted by atomic mass is 10.1.